The molecule has 9 heteroatoms. The molecular weight excluding hydrogens is 705 g/mol. The van der Waals surface area contributed by atoms with Crippen molar-refractivity contribution in [1.82, 2.24) is 0 Å². The van der Waals surface area contributed by atoms with Gasteiger partial charge >= 0.3 is 0 Å². The highest BCUT2D eigenvalue weighted by atomic mass is 32.2. The molecule has 304 valence electrons. The average Bonchev–Trinajstić information content (AvgIpc) is 3.11. The van der Waals surface area contributed by atoms with E-state index in [-0.39, 0.29) is 9.79 Å². The van der Waals surface area contributed by atoms with Gasteiger partial charge in [-0.25, -0.2) is 0 Å². The maximum Gasteiger partial charge on any atom is 0.295 e. The number of hydrogen-bond acceptors (Lipinski definition) is 5. The standard InChI is InChI=1S/C44H74O7S2/c1-3-5-7-9-11-13-15-17-19-21-23-25-27-29-31-39-37-42(51-41-33-35-43(36-34-41)52(45,46)47)38-40(44(39)53(48,49)50)32-30-28-26-24-22-20-18-16-14-12-10-8-6-4-2/h33-38H,3-32H2,1-2H3,(H,45,46,47)(H,48,49,50). The highest BCUT2D eigenvalue weighted by Crippen LogP contribution is 2.33. The Bertz CT molecular complexity index is 1380. The van der Waals surface area contributed by atoms with Crippen LogP contribution >= 0.6 is 0 Å². The Morgan fingerprint density at radius 2 is 0.717 bits per heavy atom. The Morgan fingerprint density at radius 1 is 0.415 bits per heavy atom. The van der Waals surface area contributed by atoms with E-state index in [4.69, 9.17) is 4.74 Å². The van der Waals surface area contributed by atoms with Gasteiger partial charge in [0.05, 0.1) is 4.90 Å². The third-order valence-corrected chi connectivity index (χ3v) is 12.3. The van der Waals surface area contributed by atoms with Crippen LogP contribution in [0.3, 0.4) is 0 Å². The predicted molar refractivity (Wildman–Crippen MR) is 221 cm³/mol. The van der Waals surface area contributed by atoms with Gasteiger partial charge in [-0.1, -0.05) is 181 Å². The highest BCUT2D eigenvalue weighted by molar-refractivity contribution is 7.86. The van der Waals surface area contributed by atoms with Crippen LogP contribution in [0.25, 0.3) is 0 Å². The van der Waals surface area contributed by atoms with Crippen LogP contribution in [0, 0.1) is 0 Å². The van der Waals surface area contributed by atoms with Gasteiger partial charge in [-0.3, -0.25) is 9.11 Å². The first-order valence-corrected chi connectivity index (χ1v) is 24.3. The second-order valence-corrected chi connectivity index (χ2v) is 18.1. The first-order valence-electron chi connectivity index (χ1n) is 21.4. The third kappa shape index (κ3) is 22.3. The van der Waals surface area contributed by atoms with Crippen molar-refractivity contribution in [3.8, 4) is 11.5 Å². The van der Waals surface area contributed by atoms with Crippen molar-refractivity contribution in [1.29, 1.82) is 0 Å². The van der Waals surface area contributed by atoms with E-state index in [1.807, 2.05) is 0 Å². The molecule has 2 aromatic carbocycles. The van der Waals surface area contributed by atoms with Crippen LogP contribution in [0.4, 0.5) is 0 Å². The quantitative estimate of drug-likeness (QED) is 0.0536. The minimum Gasteiger partial charge on any atom is -0.457 e. The predicted octanol–water partition coefficient (Wildman–Crippen LogP) is 14.0. The number of benzene rings is 2. The van der Waals surface area contributed by atoms with Gasteiger partial charge in [0.1, 0.15) is 16.4 Å². The lowest BCUT2D eigenvalue weighted by molar-refractivity contribution is 0.471. The Kier molecular flexibility index (Phi) is 25.4. The third-order valence-electron chi connectivity index (χ3n) is 10.4. The van der Waals surface area contributed by atoms with Crippen molar-refractivity contribution in [3.63, 3.8) is 0 Å². The zero-order valence-corrected chi connectivity index (χ0v) is 35.1. The number of aryl methyl sites for hydroxylation is 2. The van der Waals surface area contributed by atoms with Gasteiger partial charge in [-0.05, 0) is 73.2 Å². The van der Waals surface area contributed by atoms with Gasteiger partial charge in [0.25, 0.3) is 20.2 Å². The maximum atomic E-state index is 12.8. The van der Waals surface area contributed by atoms with Crippen LogP contribution in [0.15, 0.2) is 46.2 Å². The molecular formula is C44H74O7S2. The molecule has 7 nitrogen and oxygen atoms in total. The lowest BCUT2D eigenvalue weighted by atomic mass is 9.98. The van der Waals surface area contributed by atoms with Crippen molar-refractivity contribution in [3.05, 3.63) is 47.5 Å². The van der Waals surface area contributed by atoms with Crippen LogP contribution in [-0.4, -0.2) is 25.9 Å². The summed E-state index contributed by atoms with van der Waals surface area (Å²) in [6.07, 6.45) is 35.6. The summed E-state index contributed by atoms with van der Waals surface area (Å²) in [4.78, 5) is -0.223. The Morgan fingerprint density at radius 3 is 1.00 bits per heavy atom. The zero-order valence-electron chi connectivity index (χ0n) is 33.4. The van der Waals surface area contributed by atoms with Crippen LogP contribution in [0.5, 0.6) is 11.5 Å². The fourth-order valence-corrected chi connectivity index (χ4v) is 8.78. The molecule has 0 aliphatic rings. The molecule has 0 amide bonds. The molecule has 0 aliphatic carbocycles. The summed E-state index contributed by atoms with van der Waals surface area (Å²) >= 11 is 0. The molecule has 0 aromatic heterocycles. The Labute approximate surface area is 325 Å². The molecule has 0 bridgehead atoms. The molecule has 0 spiro atoms. The topological polar surface area (TPSA) is 118 Å². The fraction of sp³-hybridized carbons (Fsp3) is 0.727. The molecule has 0 radical (unpaired) electrons. The van der Waals surface area contributed by atoms with E-state index < -0.39 is 20.2 Å². The number of rotatable bonds is 34. The van der Waals surface area contributed by atoms with Crippen molar-refractivity contribution in [2.75, 3.05) is 0 Å². The minimum atomic E-state index is -4.46. The maximum absolute atomic E-state index is 12.8. The molecule has 0 unspecified atom stereocenters. The SMILES string of the molecule is CCCCCCCCCCCCCCCCc1cc(Oc2ccc(S(=O)(=O)O)cc2)cc(CCCCCCCCCCCCCCCC)c1S(=O)(=O)O. The van der Waals surface area contributed by atoms with E-state index in [1.54, 1.807) is 12.1 Å². The van der Waals surface area contributed by atoms with E-state index >= 15 is 0 Å². The van der Waals surface area contributed by atoms with Gasteiger partial charge in [0, 0.05) is 0 Å². The summed E-state index contributed by atoms with van der Waals surface area (Å²) in [6.45, 7) is 4.51. The summed E-state index contributed by atoms with van der Waals surface area (Å²) in [5.74, 6) is 0.805. The lowest BCUT2D eigenvalue weighted by Crippen LogP contribution is -2.09. The second-order valence-electron chi connectivity index (χ2n) is 15.3. The molecule has 0 aliphatic heterocycles. The van der Waals surface area contributed by atoms with Crippen LogP contribution in [0.2, 0.25) is 0 Å². The highest BCUT2D eigenvalue weighted by Gasteiger charge is 2.22. The van der Waals surface area contributed by atoms with E-state index in [0.717, 1.165) is 38.5 Å². The van der Waals surface area contributed by atoms with E-state index in [9.17, 15) is 25.9 Å². The van der Waals surface area contributed by atoms with E-state index in [2.05, 4.69) is 13.8 Å². The van der Waals surface area contributed by atoms with Crippen molar-refractivity contribution >= 4 is 20.2 Å². The van der Waals surface area contributed by atoms with E-state index in [1.165, 1.54) is 166 Å². The molecule has 2 rings (SSSR count). The zero-order chi connectivity index (χ0) is 38.6. The largest absolute Gasteiger partial charge is 0.457 e. The molecule has 0 saturated carbocycles. The molecule has 0 heterocycles. The van der Waals surface area contributed by atoms with Crippen molar-refractivity contribution < 1.29 is 30.7 Å². The normalized spacial score (nSPS) is 12.1. The average molecular weight is 779 g/mol. The first-order chi connectivity index (χ1) is 25.6. The molecule has 0 saturated heterocycles. The number of hydrogen-bond donors (Lipinski definition) is 2. The molecule has 0 atom stereocenters. The Balaban J connectivity index is 1.92. The second kappa shape index (κ2) is 28.5. The number of ether oxygens (including phenoxy) is 1. The van der Waals surface area contributed by atoms with Crippen LogP contribution in [-0.2, 0) is 33.1 Å². The summed E-state index contributed by atoms with van der Waals surface area (Å²) in [7, 11) is -8.80. The summed E-state index contributed by atoms with van der Waals surface area (Å²) in [5.41, 5.74) is 1.11. The summed E-state index contributed by atoms with van der Waals surface area (Å²) in [5, 5.41) is 0. The number of unbranched alkanes of at least 4 members (excludes halogenated alkanes) is 26. The molecule has 0 fully saturated rings. The van der Waals surface area contributed by atoms with Gasteiger partial charge in [-0.15, -0.1) is 0 Å². The van der Waals surface area contributed by atoms with Crippen LogP contribution < -0.4 is 4.74 Å². The van der Waals surface area contributed by atoms with Gasteiger partial charge < -0.3 is 4.74 Å². The molecule has 53 heavy (non-hydrogen) atoms. The van der Waals surface area contributed by atoms with Gasteiger partial charge in [0.15, 0.2) is 0 Å². The first kappa shape index (κ1) is 47.2. The molecule has 2 N–H and O–H groups in total. The fourth-order valence-electron chi connectivity index (χ4n) is 7.32. The minimum absolute atomic E-state index is 0.0101. The smallest absolute Gasteiger partial charge is 0.295 e. The van der Waals surface area contributed by atoms with Crippen molar-refractivity contribution in [2.24, 2.45) is 0 Å². The van der Waals surface area contributed by atoms with Crippen molar-refractivity contribution in [2.45, 2.75) is 216 Å². The van der Waals surface area contributed by atoms with Gasteiger partial charge in [-0.2, -0.15) is 16.8 Å². The van der Waals surface area contributed by atoms with E-state index in [0.29, 0.717) is 35.5 Å². The summed E-state index contributed by atoms with van der Waals surface area (Å²) < 4.78 is 74.5. The monoisotopic (exact) mass is 778 g/mol. The lowest BCUT2D eigenvalue weighted by Gasteiger charge is -2.16. The van der Waals surface area contributed by atoms with Crippen LogP contribution in [0.1, 0.15) is 205 Å². The van der Waals surface area contributed by atoms with Gasteiger partial charge in [0.2, 0.25) is 0 Å². The Hall–Kier alpha value is -1.94. The summed E-state index contributed by atoms with van der Waals surface area (Å²) in [6, 6.07) is 8.83. The molecule has 2 aromatic rings.